The maximum Gasteiger partial charge on any atom is 0.295 e. The number of carbonyl (C=O) groups excluding carboxylic acids is 2. The number of Topliss-reactive ketones (excluding diaryl/α,β-unsaturated/α-hetero) is 1. The highest BCUT2D eigenvalue weighted by Crippen LogP contribution is 2.42. The number of ketones is 1. The fourth-order valence-electron chi connectivity index (χ4n) is 4.20. The van der Waals surface area contributed by atoms with E-state index in [2.05, 4.69) is 13.8 Å². The van der Waals surface area contributed by atoms with Crippen LogP contribution in [0, 0.1) is 19.8 Å². The molecule has 4 rings (SSSR count). The van der Waals surface area contributed by atoms with Crippen LogP contribution in [0.4, 0.5) is 0 Å². The average molecular weight is 476 g/mol. The zero-order valence-corrected chi connectivity index (χ0v) is 20.7. The van der Waals surface area contributed by atoms with Crippen LogP contribution < -0.4 is 4.74 Å². The standard InChI is InChI=1S/C28H29NO4S/c1-17(2)16-33-23-12-11-20(14-19(23)4)26(30)24-25(22-10-6-5-8-18(22)3)29(28(32)27(24)31)15-21-9-7-13-34-21/h5-14,17,25,30H,15-16H2,1-4H3/b26-24+. The van der Waals surface area contributed by atoms with Gasteiger partial charge in [0.2, 0.25) is 0 Å². The van der Waals surface area contributed by atoms with E-state index in [0.29, 0.717) is 24.6 Å². The summed E-state index contributed by atoms with van der Waals surface area (Å²) >= 11 is 1.53. The largest absolute Gasteiger partial charge is 0.507 e. The monoisotopic (exact) mass is 475 g/mol. The summed E-state index contributed by atoms with van der Waals surface area (Å²) in [4.78, 5) is 29.0. The van der Waals surface area contributed by atoms with Crippen LogP contribution in [-0.2, 0) is 16.1 Å². The van der Waals surface area contributed by atoms with E-state index in [1.54, 1.807) is 23.1 Å². The van der Waals surface area contributed by atoms with Gasteiger partial charge in [-0.05, 0) is 66.1 Å². The topological polar surface area (TPSA) is 66.8 Å². The van der Waals surface area contributed by atoms with Crippen molar-refractivity contribution in [2.24, 2.45) is 5.92 Å². The summed E-state index contributed by atoms with van der Waals surface area (Å²) in [5.74, 6) is -0.310. The lowest BCUT2D eigenvalue weighted by molar-refractivity contribution is -0.140. The van der Waals surface area contributed by atoms with E-state index >= 15 is 0 Å². The molecule has 176 valence electrons. The highest BCUT2D eigenvalue weighted by molar-refractivity contribution is 7.09. The molecule has 0 saturated carbocycles. The minimum Gasteiger partial charge on any atom is -0.507 e. The summed E-state index contributed by atoms with van der Waals surface area (Å²) in [6, 6.07) is 16.2. The van der Waals surface area contributed by atoms with Crippen molar-refractivity contribution in [3.63, 3.8) is 0 Å². The number of thiophene rings is 1. The highest BCUT2D eigenvalue weighted by atomic mass is 32.1. The van der Waals surface area contributed by atoms with Crippen LogP contribution >= 0.6 is 11.3 Å². The SMILES string of the molecule is Cc1cc(/C(O)=C2\C(=O)C(=O)N(Cc3cccs3)C2c2ccccc2C)ccc1OCC(C)C. The van der Waals surface area contributed by atoms with Gasteiger partial charge in [0, 0.05) is 10.4 Å². The predicted octanol–water partition coefficient (Wildman–Crippen LogP) is 6.02. The van der Waals surface area contributed by atoms with Crippen LogP contribution in [0.3, 0.4) is 0 Å². The van der Waals surface area contributed by atoms with Crippen LogP contribution in [0.1, 0.15) is 47.0 Å². The number of rotatable bonds is 7. The summed E-state index contributed by atoms with van der Waals surface area (Å²) in [5, 5.41) is 13.3. The van der Waals surface area contributed by atoms with Gasteiger partial charge in [-0.2, -0.15) is 0 Å². The van der Waals surface area contributed by atoms with Gasteiger partial charge in [-0.15, -0.1) is 11.3 Å². The lowest BCUT2D eigenvalue weighted by Gasteiger charge is -2.26. The lowest BCUT2D eigenvalue weighted by atomic mass is 9.92. The fraction of sp³-hybridized carbons (Fsp3) is 0.286. The fourth-order valence-corrected chi connectivity index (χ4v) is 4.90. The summed E-state index contributed by atoms with van der Waals surface area (Å²) in [7, 11) is 0. The molecule has 0 aliphatic carbocycles. The molecule has 5 nitrogen and oxygen atoms in total. The number of nitrogens with zero attached hydrogens (tertiary/aromatic N) is 1. The molecule has 34 heavy (non-hydrogen) atoms. The van der Waals surface area contributed by atoms with E-state index in [0.717, 1.165) is 27.3 Å². The van der Waals surface area contributed by atoms with Crippen molar-refractivity contribution in [1.29, 1.82) is 0 Å². The Morgan fingerprint density at radius 3 is 2.47 bits per heavy atom. The van der Waals surface area contributed by atoms with Gasteiger partial charge in [0.1, 0.15) is 11.5 Å². The molecule has 0 spiro atoms. The van der Waals surface area contributed by atoms with Crippen molar-refractivity contribution in [2.75, 3.05) is 6.61 Å². The van der Waals surface area contributed by atoms with Crippen molar-refractivity contribution in [3.8, 4) is 5.75 Å². The zero-order valence-electron chi connectivity index (χ0n) is 19.9. The highest BCUT2D eigenvalue weighted by Gasteiger charge is 2.46. The number of hydrogen-bond donors (Lipinski definition) is 1. The summed E-state index contributed by atoms with van der Waals surface area (Å²) in [6.45, 7) is 8.91. The number of ether oxygens (including phenoxy) is 1. The zero-order chi connectivity index (χ0) is 24.4. The van der Waals surface area contributed by atoms with Gasteiger partial charge in [0.25, 0.3) is 11.7 Å². The minimum atomic E-state index is -0.667. The molecule has 1 saturated heterocycles. The van der Waals surface area contributed by atoms with Gasteiger partial charge >= 0.3 is 0 Å². The number of likely N-dealkylation sites (tertiary alicyclic amines) is 1. The van der Waals surface area contributed by atoms with Crippen LogP contribution in [0.25, 0.3) is 5.76 Å². The van der Waals surface area contributed by atoms with Crippen LogP contribution in [0.5, 0.6) is 5.75 Å². The third kappa shape index (κ3) is 4.64. The Bertz CT molecular complexity index is 1240. The Morgan fingerprint density at radius 2 is 1.82 bits per heavy atom. The number of amides is 1. The van der Waals surface area contributed by atoms with Gasteiger partial charge < -0.3 is 14.7 Å². The number of hydrogen-bond acceptors (Lipinski definition) is 5. The van der Waals surface area contributed by atoms with Gasteiger partial charge in [-0.25, -0.2) is 0 Å². The lowest BCUT2D eigenvalue weighted by Crippen LogP contribution is -2.29. The van der Waals surface area contributed by atoms with Crippen molar-refractivity contribution >= 4 is 28.8 Å². The molecule has 1 amide bonds. The maximum absolute atomic E-state index is 13.3. The second-order valence-corrected chi connectivity index (χ2v) is 10.1. The molecule has 1 unspecified atom stereocenters. The summed E-state index contributed by atoms with van der Waals surface area (Å²) in [5.41, 5.74) is 3.23. The van der Waals surface area contributed by atoms with E-state index in [-0.39, 0.29) is 11.3 Å². The number of benzene rings is 2. The molecule has 1 aromatic heterocycles. The number of carbonyl (C=O) groups is 2. The maximum atomic E-state index is 13.3. The Hall–Kier alpha value is -3.38. The molecule has 1 atom stereocenters. The number of aryl methyl sites for hydroxylation is 2. The van der Waals surface area contributed by atoms with E-state index in [9.17, 15) is 14.7 Å². The van der Waals surface area contributed by atoms with Gasteiger partial charge in [-0.1, -0.05) is 44.2 Å². The molecule has 0 bridgehead atoms. The van der Waals surface area contributed by atoms with Crippen molar-refractivity contribution in [1.82, 2.24) is 4.90 Å². The van der Waals surface area contributed by atoms with Crippen molar-refractivity contribution in [2.45, 2.75) is 40.3 Å². The number of aliphatic hydroxyl groups excluding tert-OH is 1. The third-order valence-corrected chi connectivity index (χ3v) is 6.81. The molecule has 1 aliphatic heterocycles. The first-order valence-corrected chi connectivity index (χ1v) is 12.3. The quantitative estimate of drug-likeness (QED) is 0.258. The molecule has 6 heteroatoms. The van der Waals surface area contributed by atoms with E-state index in [4.69, 9.17) is 4.74 Å². The van der Waals surface area contributed by atoms with Gasteiger partial charge in [0.15, 0.2) is 0 Å². The van der Waals surface area contributed by atoms with E-state index < -0.39 is 17.7 Å². The molecule has 1 aliphatic rings. The summed E-state index contributed by atoms with van der Waals surface area (Å²) < 4.78 is 5.85. The van der Waals surface area contributed by atoms with Crippen LogP contribution in [-0.4, -0.2) is 28.3 Å². The Morgan fingerprint density at radius 1 is 1.06 bits per heavy atom. The summed E-state index contributed by atoms with van der Waals surface area (Å²) in [6.07, 6.45) is 0. The molecule has 1 fully saturated rings. The second kappa shape index (κ2) is 9.85. The molecule has 0 radical (unpaired) electrons. The van der Waals surface area contributed by atoms with Gasteiger partial charge in [-0.3, -0.25) is 9.59 Å². The second-order valence-electron chi connectivity index (χ2n) is 9.05. The first-order chi connectivity index (χ1) is 16.3. The minimum absolute atomic E-state index is 0.117. The Kier molecular flexibility index (Phi) is 6.89. The Labute approximate surface area is 204 Å². The van der Waals surface area contributed by atoms with Crippen molar-refractivity contribution < 1.29 is 19.4 Å². The number of aliphatic hydroxyl groups is 1. The first kappa shape index (κ1) is 23.8. The van der Waals surface area contributed by atoms with Crippen LogP contribution in [0.15, 0.2) is 65.6 Å². The molecule has 2 aromatic carbocycles. The van der Waals surface area contributed by atoms with Crippen LogP contribution in [0.2, 0.25) is 0 Å². The first-order valence-electron chi connectivity index (χ1n) is 11.4. The smallest absolute Gasteiger partial charge is 0.295 e. The third-order valence-electron chi connectivity index (χ3n) is 5.95. The molecular formula is C28H29NO4S. The Balaban J connectivity index is 1.80. The molecule has 3 aromatic rings. The molecule has 2 heterocycles. The average Bonchev–Trinajstić information content (AvgIpc) is 3.40. The van der Waals surface area contributed by atoms with Gasteiger partial charge in [0.05, 0.1) is 24.8 Å². The predicted molar refractivity (Wildman–Crippen MR) is 135 cm³/mol. The van der Waals surface area contributed by atoms with E-state index in [1.807, 2.05) is 55.6 Å². The molecular weight excluding hydrogens is 446 g/mol. The van der Waals surface area contributed by atoms with E-state index in [1.165, 1.54) is 11.3 Å². The van der Waals surface area contributed by atoms with Crippen molar-refractivity contribution in [3.05, 3.63) is 92.7 Å². The molecule has 1 N–H and O–H groups in total. The normalized spacial score (nSPS) is 17.6.